The summed E-state index contributed by atoms with van der Waals surface area (Å²) in [5, 5.41) is 17.0. The van der Waals surface area contributed by atoms with Crippen molar-refractivity contribution < 1.29 is 19.5 Å². The zero-order valence-electron chi connectivity index (χ0n) is 21.8. The average molecular weight is 556 g/mol. The molecule has 5 rings (SSSR count). The van der Waals surface area contributed by atoms with Gasteiger partial charge in [-0.05, 0) is 42.9 Å². The van der Waals surface area contributed by atoms with Crippen molar-refractivity contribution in [3.05, 3.63) is 64.7 Å². The maximum absolute atomic E-state index is 14.4. The minimum atomic E-state index is -0.887. The summed E-state index contributed by atoms with van der Waals surface area (Å²) >= 11 is 8.08. The Labute approximate surface area is 232 Å². The molecule has 3 aliphatic heterocycles. The van der Waals surface area contributed by atoms with Gasteiger partial charge in [-0.1, -0.05) is 67.9 Å². The van der Waals surface area contributed by atoms with E-state index in [1.54, 1.807) is 22.7 Å². The van der Waals surface area contributed by atoms with Gasteiger partial charge in [0.05, 0.1) is 39.9 Å². The summed E-state index contributed by atoms with van der Waals surface area (Å²) in [5.74, 6) is -1.88. The molecule has 7 atom stereocenters. The summed E-state index contributed by atoms with van der Waals surface area (Å²) in [6.07, 6.45) is 1.54. The Hall–Kier alpha value is -2.55. The molecule has 0 aromatic heterocycles. The zero-order valence-corrected chi connectivity index (χ0v) is 23.4. The topological polar surface area (TPSA) is 98.7 Å². The minimum Gasteiger partial charge on any atom is -0.394 e. The van der Waals surface area contributed by atoms with Crippen LogP contribution in [0, 0.1) is 24.7 Å². The number of thioether (sulfide) groups is 1. The molecular weight excluding hydrogens is 522 g/mol. The third-order valence-electron chi connectivity index (χ3n) is 8.45. The number of carbonyl (C=O) groups is 3. The number of amides is 3. The maximum atomic E-state index is 14.4. The fourth-order valence-electron chi connectivity index (χ4n) is 6.77. The monoisotopic (exact) mass is 555 g/mol. The number of carbonyl (C=O) groups excluding carboxylic acids is 3. The van der Waals surface area contributed by atoms with Gasteiger partial charge in [0.25, 0.3) is 0 Å². The van der Waals surface area contributed by atoms with Crippen molar-refractivity contribution in [2.45, 2.75) is 55.7 Å². The summed E-state index contributed by atoms with van der Waals surface area (Å²) in [5.41, 5.74) is 2.06. The highest BCUT2D eigenvalue weighted by atomic mass is 35.5. The van der Waals surface area contributed by atoms with Gasteiger partial charge in [0.2, 0.25) is 17.7 Å². The molecule has 3 unspecified atom stereocenters. The molecule has 3 amide bonds. The molecule has 2 aromatic rings. The number of para-hydroxylation sites is 1. The van der Waals surface area contributed by atoms with E-state index in [-0.39, 0.29) is 35.5 Å². The number of aliphatic hydroxyl groups is 1. The molecule has 3 fully saturated rings. The van der Waals surface area contributed by atoms with Crippen molar-refractivity contribution in [3.63, 3.8) is 0 Å². The SMILES string of the molecule is CCCNC(=O)[C@@H]1[C@H]2C(=O)N([C@H](CO)c3ccccc3)C(C(=O)Nc3c(C)cccc3Cl)C23S[C@@H]1CC3C. The lowest BCUT2D eigenvalue weighted by atomic mass is 9.66. The number of hydrogen-bond acceptors (Lipinski definition) is 5. The summed E-state index contributed by atoms with van der Waals surface area (Å²) in [6.45, 7) is 6.13. The number of anilines is 1. The van der Waals surface area contributed by atoms with Crippen LogP contribution in [0.4, 0.5) is 5.69 Å². The number of aliphatic hydroxyl groups excluding tert-OH is 1. The largest absolute Gasteiger partial charge is 0.394 e. The number of hydrogen-bond donors (Lipinski definition) is 3. The van der Waals surface area contributed by atoms with E-state index >= 15 is 0 Å². The number of likely N-dealkylation sites (tertiary alicyclic amines) is 1. The quantitative estimate of drug-likeness (QED) is 0.454. The molecule has 3 N–H and O–H groups in total. The molecule has 3 saturated heterocycles. The second-order valence-corrected chi connectivity index (χ2v) is 12.6. The fourth-order valence-corrected chi connectivity index (χ4v) is 9.45. The lowest BCUT2D eigenvalue weighted by Crippen LogP contribution is -2.55. The Morgan fingerprint density at radius 3 is 2.58 bits per heavy atom. The molecule has 1 spiro atoms. The number of nitrogens with one attached hydrogen (secondary N) is 2. The van der Waals surface area contributed by atoms with Gasteiger partial charge in [0.15, 0.2) is 0 Å². The number of rotatable bonds is 8. The smallest absolute Gasteiger partial charge is 0.248 e. The van der Waals surface area contributed by atoms with E-state index in [0.29, 0.717) is 17.3 Å². The van der Waals surface area contributed by atoms with E-state index in [1.807, 2.05) is 56.3 Å². The number of benzene rings is 2. The predicted octanol–water partition coefficient (Wildman–Crippen LogP) is 4.18. The van der Waals surface area contributed by atoms with Gasteiger partial charge in [0, 0.05) is 11.8 Å². The first-order chi connectivity index (χ1) is 18.3. The summed E-state index contributed by atoms with van der Waals surface area (Å²) in [4.78, 5) is 43.6. The van der Waals surface area contributed by atoms with E-state index in [1.165, 1.54) is 0 Å². The Morgan fingerprint density at radius 2 is 1.92 bits per heavy atom. The minimum absolute atomic E-state index is 0.0184. The van der Waals surface area contributed by atoms with Crippen LogP contribution in [0.15, 0.2) is 48.5 Å². The highest BCUT2D eigenvalue weighted by Crippen LogP contribution is 2.69. The summed E-state index contributed by atoms with van der Waals surface area (Å²) < 4.78 is -0.794. The molecule has 38 heavy (non-hydrogen) atoms. The van der Waals surface area contributed by atoms with E-state index in [9.17, 15) is 19.5 Å². The molecule has 0 radical (unpaired) electrons. The van der Waals surface area contributed by atoms with Gasteiger partial charge in [-0.25, -0.2) is 0 Å². The second-order valence-electron chi connectivity index (χ2n) is 10.6. The van der Waals surface area contributed by atoms with Gasteiger partial charge in [-0.3, -0.25) is 14.4 Å². The van der Waals surface area contributed by atoms with E-state index in [4.69, 9.17) is 11.6 Å². The molecule has 7 nitrogen and oxygen atoms in total. The Bertz CT molecular complexity index is 1220. The molecule has 2 aromatic carbocycles. The van der Waals surface area contributed by atoms with Gasteiger partial charge < -0.3 is 20.6 Å². The third-order valence-corrected chi connectivity index (χ3v) is 10.8. The van der Waals surface area contributed by atoms with Crippen LogP contribution < -0.4 is 10.6 Å². The van der Waals surface area contributed by atoms with Gasteiger partial charge in [-0.15, -0.1) is 11.8 Å². The van der Waals surface area contributed by atoms with Crippen molar-refractivity contribution >= 4 is 46.8 Å². The van der Waals surface area contributed by atoms with Gasteiger partial charge in [-0.2, -0.15) is 0 Å². The summed E-state index contributed by atoms with van der Waals surface area (Å²) in [7, 11) is 0. The van der Waals surface area contributed by atoms with Crippen molar-refractivity contribution in [2.75, 3.05) is 18.5 Å². The molecule has 0 aliphatic carbocycles. The molecule has 9 heteroatoms. The Kier molecular flexibility index (Phi) is 7.50. The van der Waals surface area contributed by atoms with Crippen LogP contribution in [-0.4, -0.2) is 56.9 Å². The Morgan fingerprint density at radius 1 is 1.18 bits per heavy atom. The van der Waals surface area contributed by atoms with Crippen molar-refractivity contribution in [1.82, 2.24) is 10.2 Å². The fraction of sp³-hybridized carbons (Fsp3) is 0.483. The first-order valence-electron chi connectivity index (χ1n) is 13.3. The number of aryl methyl sites for hydroxylation is 1. The van der Waals surface area contributed by atoms with Crippen LogP contribution in [0.25, 0.3) is 0 Å². The van der Waals surface area contributed by atoms with Crippen molar-refractivity contribution in [2.24, 2.45) is 17.8 Å². The van der Waals surface area contributed by atoms with E-state index < -0.39 is 28.7 Å². The van der Waals surface area contributed by atoms with Crippen LogP contribution in [0.3, 0.4) is 0 Å². The van der Waals surface area contributed by atoms with Gasteiger partial charge >= 0.3 is 0 Å². The lowest BCUT2D eigenvalue weighted by Gasteiger charge is -2.40. The van der Waals surface area contributed by atoms with Crippen LogP contribution >= 0.6 is 23.4 Å². The molecular formula is C29H34ClN3O4S. The number of halogens is 1. The maximum Gasteiger partial charge on any atom is 0.248 e. The normalized spacial score (nSPS) is 30.3. The third kappa shape index (κ3) is 4.12. The van der Waals surface area contributed by atoms with Crippen LogP contribution in [0.1, 0.15) is 43.9 Å². The highest BCUT2D eigenvalue weighted by Gasteiger charge is 2.76. The molecule has 202 valence electrons. The van der Waals surface area contributed by atoms with Gasteiger partial charge in [0.1, 0.15) is 6.04 Å². The van der Waals surface area contributed by atoms with Crippen LogP contribution in [0.2, 0.25) is 5.02 Å². The number of nitrogens with zero attached hydrogens (tertiary/aromatic N) is 1. The number of fused-ring (bicyclic) bond motifs is 1. The molecule has 2 bridgehead atoms. The zero-order chi connectivity index (χ0) is 27.2. The second kappa shape index (κ2) is 10.5. The molecule has 0 saturated carbocycles. The first-order valence-corrected chi connectivity index (χ1v) is 14.5. The summed E-state index contributed by atoms with van der Waals surface area (Å²) in [6, 6.07) is 13.1. The lowest BCUT2D eigenvalue weighted by molar-refractivity contribution is -0.142. The van der Waals surface area contributed by atoms with Crippen molar-refractivity contribution in [1.29, 1.82) is 0 Å². The van der Waals surface area contributed by atoms with Crippen LogP contribution in [-0.2, 0) is 14.4 Å². The predicted molar refractivity (Wildman–Crippen MR) is 150 cm³/mol. The van der Waals surface area contributed by atoms with Crippen molar-refractivity contribution in [3.8, 4) is 0 Å². The molecule has 3 heterocycles. The molecule has 3 aliphatic rings. The Balaban J connectivity index is 1.62. The van der Waals surface area contributed by atoms with E-state index in [2.05, 4.69) is 17.6 Å². The average Bonchev–Trinajstić information content (AvgIpc) is 3.50. The standard InChI is InChI=1S/C29H34ClN3O4S/c1-4-13-31-26(35)22-21-14-17(3)29(38-21)23(22)28(37)33(20(15-34)18-10-6-5-7-11-18)25(29)27(36)32-24-16(2)9-8-12-19(24)30/h5-12,17,20-23,25,34H,4,13-15H2,1-3H3,(H,31,35)(H,32,36)/t17?,20-,21-,22+,23+,25?,29?/m1/s1. The highest BCUT2D eigenvalue weighted by molar-refractivity contribution is 8.02. The van der Waals surface area contributed by atoms with E-state index in [0.717, 1.165) is 24.0 Å². The first kappa shape index (κ1) is 27.0. The van der Waals surface area contributed by atoms with Crippen LogP contribution in [0.5, 0.6) is 0 Å².